The second kappa shape index (κ2) is 9.50. The molecular formula is C25H26ClN3O2. The number of carbonyl (C=O) groups is 2. The highest BCUT2D eigenvalue weighted by molar-refractivity contribution is 6.31. The molecule has 3 aromatic carbocycles. The molecule has 6 heteroatoms. The predicted octanol–water partition coefficient (Wildman–Crippen LogP) is 4.96. The summed E-state index contributed by atoms with van der Waals surface area (Å²) in [4.78, 5) is 28.4. The Balaban J connectivity index is 1.54. The minimum absolute atomic E-state index is 0.237. The fourth-order valence-corrected chi connectivity index (χ4v) is 4.45. The van der Waals surface area contributed by atoms with Crippen LogP contribution < -0.4 is 10.6 Å². The number of amides is 2. The Labute approximate surface area is 187 Å². The van der Waals surface area contributed by atoms with E-state index in [0.717, 1.165) is 36.7 Å². The summed E-state index contributed by atoms with van der Waals surface area (Å²) < 4.78 is 0. The molecule has 0 radical (unpaired) electrons. The highest BCUT2D eigenvalue weighted by Gasteiger charge is 2.24. The number of fused-ring (bicyclic) bond motifs is 1. The van der Waals surface area contributed by atoms with E-state index in [0.29, 0.717) is 34.4 Å². The van der Waals surface area contributed by atoms with Gasteiger partial charge in [0.2, 0.25) is 0 Å². The predicted molar refractivity (Wildman–Crippen MR) is 126 cm³/mol. The first-order chi connectivity index (χ1) is 15.1. The van der Waals surface area contributed by atoms with E-state index in [1.807, 2.05) is 36.4 Å². The molecule has 1 fully saturated rings. The number of likely N-dealkylation sites (N-methyl/N-ethyl adjacent to an activating group) is 1. The number of anilines is 1. The molecule has 0 aliphatic carbocycles. The van der Waals surface area contributed by atoms with Crippen LogP contribution >= 0.6 is 11.6 Å². The molecule has 160 valence electrons. The van der Waals surface area contributed by atoms with Gasteiger partial charge in [-0.05, 0) is 61.0 Å². The summed E-state index contributed by atoms with van der Waals surface area (Å²) in [6.45, 7) is 4.76. The van der Waals surface area contributed by atoms with Crippen molar-refractivity contribution in [1.29, 1.82) is 0 Å². The Hall–Kier alpha value is -2.89. The van der Waals surface area contributed by atoms with E-state index in [1.165, 1.54) is 0 Å². The fourth-order valence-electron chi connectivity index (χ4n) is 4.27. The van der Waals surface area contributed by atoms with Gasteiger partial charge in [0.25, 0.3) is 11.8 Å². The molecule has 1 unspecified atom stereocenters. The van der Waals surface area contributed by atoms with E-state index in [9.17, 15) is 9.59 Å². The van der Waals surface area contributed by atoms with Gasteiger partial charge in [0.15, 0.2) is 0 Å². The Morgan fingerprint density at radius 3 is 2.68 bits per heavy atom. The molecule has 2 amide bonds. The Kier molecular flexibility index (Phi) is 6.54. The van der Waals surface area contributed by atoms with Crippen LogP contribution in [-0.4, -0.2) is 42.4 Å². The van der Waals surface area contributed by atoms with Gasteiger partial charge < -0.3 is 10.6 Å². The summed E-state index contributed by atoms with van der Waals surface area (Å²) in [6.07, 6.45) is 2.23. The number of likely N-dealkylation sites (tertiary alicyclic amines) is 1. The van der Waals surface area contributed by atoms with E-state index < -0.39 is 0 Å². The number of nitrogens with one attached hydrogen (secondary N) is 2. The van der Waals surface area contributed by atoms with Gasteiger partial charge in [-0.15, -0.1) is 0 Å². The summed E-state index contributed by atoms with van der Waals surface area (Å²) >= 11 is 6.16. The summed E-state index contributed by atoms with van der Waals surface area (Å²) in [7, 11) is 0. The number of hydrogen-bond donors (Lipinski definition) is 2. The first-order valence-corrected chi connectivity index (χ1v) is 11.1. The van der Waals surface area contributed by atoms with E-state index >= 15 is 0 Å². The molecule has 1 aliphatic heterocycles. The van der Waals surface area contributed by atoms with Crippen LogP contribution in [0.15, 0.2) is 60.7 Å². The smallest absolute Gasteiger partial charge is 0.256 e. The Morgan fingerprint density at radius 2 is 1.84 bits per heavy atom. The lowest BCUT2D eigenvalue weighted by molar-refractivity contribution is 0.0942. The molecule has 31 heavy (non-hydrogen) atoms. The monoisotopic (exact) mass is 435 g/mol. The van der Waals surface area contributed by atoms with Gasteiger partial charge in [0, 0.05) is 23.2 Å². The van der Waals surface area contributed by atoms with Crippen LogP contribution in [0.3, 0.4) is 0 Å². The Bertz CT molecular complexity index is 1110. The normalized spacial score (nSPS) is 16.4. The van der Waals surface area contributed by atoms with Gasteiger partial charge in [-0.3, -0.25) is 14.5 Å². The molecule has 0 bridgehead atoms. The van der Waals surface area contributed by atoms with Crippen molar-refractivity contribution in [2.45, 2.75) is 25.8 Å². The average molecular weight is 436 g/mol. The van der Waals surface area contributed by atoms with Crippen LogP contribution in [0, 0.1) is 0 Å². The van der Waals surface area contributed by atoms with Gasteiger partial charge in [0.1, 0.15) is 0 Å². The van der Waals surface area contributed by atoms with Crippen molar-refractivity contribution < 1.29 is 9.59 Å². The quantitative estimate of drug-likeness (QED) is 0.575. The maximum atomic E-state index is 13.1. The molecule has 1 saturated heterocycles. The third-order valence-corrected chi connectivity index (χ3v) is 6.15. The largest absolute Gasteiger partial charge is 0.350 e. The molecule has 4 rings (SSSR count). The molecule has 0 spiro atoms. The second-order valence-electron chi connectivity index (χ2n) is 7.81. The van der Waals surface area contributed by atoms with Crippen molar-refractivity contribution in [1.82, 2.24) is 10.2 Å². The third kappa shape index (κ3) is 4.73. The van der Waals surface area contributed by atoms with Gasteiger partial charge in [-0.1, -0.05) is 54.9 Å². The van der Waals surface area contributed by atoms with Crippen molar-refractivity contribution in [2.75, 3.05) is 25.0 Å². The molecular weight excluding hydrogens is 410 g/mol. The number of carbonyl (C=O) groups excluding carboxylic acids is 2. The second-order valence-corrected chi connectivity index (χ2v) is 8.24. The lowest BCUT2D eigenvalue weighted by Crippen LogP contribution is -2.40. The first-order valence-electron chi connectivity index (χ1n) is 10.7. The van der Waals surface area contributed by atoms with E-state index in [-0.39, 0.29) is 11.8 Å². The standard InChI is InChI=1S/C25H26ClN3O2/c1-2-29-14-6-9-19(29)16-27-24(30)22-15-18(26)12-13-23(22)28-25(31)21-11-5-8-17-7-3-4-10-20(17)21/h3-5,7-8,10-13,15,19H,2,6,9,14,16H2,1H3,(H,27,30)(H,28,31). The molecule has 1 aliphatic rings. The van der Waals surface area contributed by atoms with Gasteiger partial charge in [-0.2, -0.15) is 0 Å². The van der Waals surface area contributed by atoms with Gasteiger partial charge in [-0.25, -0.2) is 0 Å². The SMILES string of the molecule is CCN1CCCC1CNC(=O)c1cc(Cl)ccc1NC(=O)c1cccc2ccccc12. The van der Waals surface area contributed by atoms with Gasteiger partial charge >= 0.3 is 0 Å². The average Bonchev–Trinajstić information content (AvgIpc) is 3.25. The minimum atomic E-state index is -0.263. The molecule has 2 N–H and O–H groups in total. The highest BCUT2D eigenvalue weighted by Crippen LogP contribution is 2.24. The lowest BCUT2D eigenvalue weighted by atomic mass is 10.0. The maximum absolute atomic E-state index is 13.1. The number of nitrogens with zero attached hydrogens (tertiary/aromatic N) is 1. The van der Waals surface area contributed by atoms with Crippen LogP contribution in [0.4, 0.5) is 5.69 Å². The van der Waals surface area contributed by atoms with Crippen LogP contribution in [0.1, 0.15) is 40.5 Å². The van der Waals surface area contributed by atoms with Crippen molar-refractivity contribution in [3.8, 4) is 0 Å². The topological polar surface area (TPSA) is 61.4 Å². The maximum Gasteiger partial charge on any atom is 0.256 e. The summed E-state index contributed by atoms with van der Waals surface area (Å²) in [5.74, 6) is -0.500. The molecule has 3 aromatic rings. The minimum Gasteiger partial charge on any atom is -0.350 e. The fraction of sp³-hybridized carbons (Fsp3) is 0.280. The van der Waals surface area contributed by atoms with Crippen molar-refractivity contribution in [3.05, 3.63) is 76.8 Å². The lowest BCUT2D eigenvalue weighted by Gasteiger charge is -2.23. The third-order valence-electron chi connectivity index (χ3n) is 5.91. The van der Waals surface area contributed by atoms with Gasteiger partial charge in [0.05, 0.1) is 11.3 Å². The van der Waals surface area contributed by atoms with Crippen LogP contribution in [-0.2, 0) is 0 Å². The Morgan fingerprint density at radius 1 is 1.03 bits per heavy atom. The molecule has 1 heterocycles. The number of benzene rings is 3. The summed E-state index contributed by atoms with van der Waals surface area (Å²) in [5.41, 5.74) is 1.37. The highest BCUT2D eigenvalue weighted by atomic mass is 35.5. The number of halogens is 1. The van der Waals surface area contributed by atoms with Crippen LogP contribution in [0.5, 0.6) is 0 Å². The molecule has 5 nitrogen and oxygen atoms in total. The van der Waals surface area contributed by atoms with Crippen molar-refractivity contribution in [2.24, 2.45) is 0 Å². The zero-order valence-electron chi connectivity index (χ0n) is 17.5. The molecule has 1 atom stereocenters. The summed E-state index contributed by atoms with van der Waals surface area (Å²) in [5, 5.41) is 8.23. The van der Waals surface area contributed by atoms with Crippen LogP contribution in [0.25, 0.3) is 10.8 Å². The van der Waals surface area contributed by atoms with Crippen molar-refractivity contribution >= 4 is 39.9 Å². The summed E-state index contributed by atoms with van der Waals surface area (Å²) in [6, 6.07) is 18.6. The zero-order chi connectivity index (χ0) is 21.8. The van der Waals surface area contributed by atoms with E-state index in [1.54, 1.807) is 24.3 Å². The molecule has 0 saturated carbocycles. The van der Waals surface area contributed by atoms with Crippen molar-refractivity contribution in [3.63, 3.8) is 0 Å². The van der Waals surface area contributed by atoms with E-state index in [2.05, 4.69) is 22.5 Å². The number of rotatable bonds is 6. The van der Waals surface area contributed by atoms with E-state index in [4.69, 9.17) is 11.6 Å². The van der Waals surface area contributed by atoms with Crippen LogP contribution in [0.2, 0.25) is 5.02 Å². The zero-order valence-corrected chi connectivity index (χ0v) is 18.3. The number of hydrogen-bond acceptors (Lipinski definition) is 3. The first kappa shape index (κ1) is 21.3. The molecule has 0 aromatic heterocycles.